The summed E-state index contributed by atoms with van der Waals surface area (Å²) in [5, 5.41) is 12.1. The fraction of sp³-hybridized carbons (Fsp3) is 0.583. The Morgan fingerprint density at radius 2 is 2.16 bits per heavy atom. The van der Waals surface area contributed by atoms with Crippen molar-refractivity contribution in [3.05, 3.63) is 15.8 Å². The normalized spacial score (nSPS) is 12.8. The van der Waals surface area contributed by atoms with Crippen LogP contribution in [0.5, 0.6) is 5.75 Å². The van der Waals surface area contributed by atoms with Crippen molar-refractivity contribution >= 4 is 17.2 Å². The van der Waals surface area contributed by atoms with Crippen LogP contribution in [0.3, 0.4) is 0 Å². The summed E-state index contributed by atoms with van der Waals surface area (Å²) in [5.41, 5.74) is 0. The van der Waals surface area contributed by atoms with Crippen LogP contribution < -0.4 is 10.1 Å². The standard InChI is InChI=1S/C12H17F2NO3S/c1-6(2)8(16)5-15-11(17)10-9(18-12(13)14)4-7(3)19-10/h4,6,8,12,16H,5H2,1-3H3,(H,15,17). The van der Waals surface area contributed by atoms with Gasteiger partial charge in [-0.05, 0) is 18.9 Å². The number of hydrogen-bond donors (Lipinski definition) is 2. The number of aryl methyl sites for hydroxylation is 1. The number of alkyl halides is 2. The van der Waals surface area contributed by atoms with Crippen LogP contribution >= 0.6 is 11.3 Å². The molecule has 108 valence electrons. The van der Waals surface area contributed by atoms with Crippen LogP contribution in [-0.4, -0.2) is 30.3 Å². The molecular formula is C12H17F2NO3S. The molecule has 1 rings (SSSR count). The minimum atomic E-state index is -2.97. The van der Waals surface area contributed by atoms with Gasteiger partial charge >= 0.3 is 6.61 Å². The quantitative estimate of drug-likeness (QED) is 0.847. The molecule has 0 fully saturated rings. The van der Waals surface area contributed by atoms with E-state index in [0.717, 1.165) is 11.3 Å². The number of aliphatic hydroxyl groups is 1. The molecule has 0 aliphatic heterocycles. The number of thiophene rings is 1. The second-order valence-corrected chi connectivity index (χ2v) is 5.71. The van der Waals surface area contributed by atoms with Gasteiger partial charge in [0.25, 0.3) is 5.91 Å². The lowest BCUT2D eigenvalue weighted by Gasteiger charge is -2.15. The van der Waals surface area contributed by atoms with E-state index in [1.165, 1.54) is 6.07 Å². The zero-order chi connectivity index (χ0) is 14.6. The maximum atomic E-state index is 12.2. The topological polar surface area (TPSA) is 58.6 Å². The molecule has 7 heteroatoms. The lowest BCUT2D eigenvalue weighted by molar-refractivity contribution is -0.0498. The van der Waals surface area contributed by atoms with Gasteiger partial charge in [0, 0.05) is 11.4 Å². The van der Waals surface area contributed by atoms with Crippen LogP contribution in [0.15, 0.2) is 6.07 Å². The Morgan fingerprint density at radius 3 is 2.68 bits per heavy atom. The number of aliphatic hydroxyl groups excluding tert-OH is 1. The third-order valence-electron chi connectivity index (χ3n) is 2.48. The first-order chi connectivity index (χ1) is 8.81. The summed E-state index contributed by atoms with van der Waals surface area (Å²) < 4.78 is 28.7. The third kappa shape index (κ3) is 4.76. The van der Waals surface area contributed by atoms with E-state index in [1.807, 2.05) is 13.8 Å². The van der Waals surface area contributed by atoms with E-state index in [-0.39, 0.29) is 23.1 Å². The molecule has 1 atom stereocenters. The highest BCUT2D eigenvalue weighted by Gasteiger charge is 2.20. The lowest BCUT2D eigenvalue weighted by atomic mass is 10.1. The van der Waals surface area contributed by atoms with Crippen molar-refractivity contribution in [3.63, 3.8) is 0 Å². The van der Waals surface area contributed by atoms with Gasteiger partial charge in [0.15, 0.2) is 0 Å². The molecular weight excluding hydrogens is 276 g/mol. The van der Waals surface area contributed by atoms with Gasteiger partial charge in [-0.15, -0.1) is 11.3 Å². The Kier molecular flexibility index (Phi) is 5.68. The summed E-state index contributed by atoms with van der Waals surface area (Å²) in [7, 11) is 0. The van der Waals surface area contributed by atoms with Crippen molar-refractivity contribution in [1.82, 2.24) is 5.32 Å². The fourth-order valence-corrected chi connectivity index (χ4v) is 2.21. The van der Waals surface area contributed by atoms with Gasteiger partial charge in [0.2, 0.25) is 0 Å². The van der Waals surface area contributed by atoms with E-state index in [9.17, 15) is 18.7 Å². The second-order valence-electron chi connectivity index (χ2n) is 4.45. The van der Waals surface area contributed by atoms with Crippen LogP contribution in [0, 0.1) is 12.8 Å². The molecule has 4 nitrogen and oxygen atoms in total. The molecule has 1 aromatic heterocycles. The van der Waals surface area contributed by atoms with Crippen LogP contribution in [0.4, 0.5) is 8.78 Å². The summed E-state index contributed by atoms with van der Waals surface area (Å²) in [6.45, 7) is 2.43. The molecule has 0 bridgehead atoms. The average Bonchev–Trinajstić information content (AvgIpc) is 2.65. The van der Waals surface area contributed by atoms with E-state index in [0.29, 0.717) is 4.88 Å². The van der Waals surface area contributed by atoms with Gasteiger partial charge in [0.1, 0.15) is 10.6 Å². The molecule has 0 radical (unpaired) electrons. The van der Waals surface area contributed by atoms with Gasteiger partial charge in [0.05, 0.1) is 6.10 Å². The third-order valence-corrected chi connectivity index (χ3v) is 3.52. The van der Waals surface area contributed by atoms with Crippen LogP contribution in [0.2, 0.25) is 0 Å². The summed E-state index contributed by atoms with van der Waals surface area (Å²) in [5.74, 6) is -0.648. The Hall–Kier alpha value is -1.21. The molecule has 0 saturated heterocycles. The summed E-state index contributed by atoms with van der Waals surface area (Å²) in [4.78, 5) is 12.6. The zero-order valence-corrected chi connectivity index (χ0v) is 11.8. The second kappa shape index (κ2) is 6.81. The Balaban J connectivity index is 2.71. The van der Waals surface area contributed by atoms with Gasteiger partial charge in [-0.25, -0.2) is 0 Å². The number of rotatable bonds is 6. The molecule has 1 unspecified atom stereocenters. The number of ether oxygens (including phenoxy) is 1. The summed E-state index contributed by atoms with van der Waals surface area (Å²) in [6, 6.07) is 1.39. The Labute approximate surface area is 114 Å². The maximum Gasteiger partial charge on any atom is 0.387 e. The molecule has 0 saturated carbocycles. The highest BCUT2D eigenvalue weighted by Crippen LogP contribution is 2.30. The van der Waals surface area contributed by atoms with Crippen LogP contribution in [0.25, 0.3) is 0 Å². The van der Waals surface area contributed by atoms with Gasteiger partial charge in [-0.2, -0.15) is 8.78 Å². The van der Waals surface area contributed by atoms with Gasteiger partial charge in [-0.3, -0.25) is 4.79 Å². The van der Waals surface area contributed by atoms with E-state index < -0.39 is 18.6 Å². The predicted octanol–water partition coefficient (Wildman–Crippen LogP) is 2.40. The largest absolute Gasteiger partial charge is 0.433 e. The van der Waals surface area contributed by atoms with E-state index in [2.05, 4.69) is 10.1 Å². The Bertz CT molecular complexity index is 435. The fourth-order valence-electron chi connectivity index (χ4n) is 1.35. The number of nitrogens with one attached hydrogen (secondary N) is 1. The molecule has 1 heterocycles. The first kappa shape index (κ1) is 15.8. The highest BCUT2D eigenvalue weighted by atomic mass is 32.1. The molecule has 1 amide bonds. The minimum Gasteiger partial charge on any atom is -0.433 e. The number of halogens is 2. The van der Waals surface area contributed by atoms with Gasteiger partial charge < -0.3 is 15.2 Å². The van der Waals surface area contributed by atoms with Crippen molar-refractivity contribution in [3.8, 4) is 5.75 Å². The smallest absolute Gasteiger partial charge is 0.387 e. The van der Waals surface area contributed by atoms with Crippen molar-refractivity contribution in [2.24, 2.45) is 5.92 Å². The minimum absolute atomic E-state index is 0.00200. The monoisotopic (exact) mass is 293 g/mol. The maximum absolute atomic E-state index is 12.2. The predicted molar refractivity (Wildman–Crippen MR) is 68.9 cm³/mol. The van der Waals surface area contributed by atoms with E-state index in [4.69, 9.17) is 0 Å². The van der Waals surface area contributed by atoms with Crippen molar-refractivity contribution in [2.45, 2.75) is 33.5 Å². The molecule has 0 aliphatic carbocycles. The van der Waals surface area contributed by atoms with Crippen molar-refractivity contribution in [2.75, 3.05) is 6.54 Å². The number of amides is 1. The molecule has 19 heavy (non-hydrogen) atoms. The first-order valence-corrected chi connectivity index (χ1v) is 6.64. The Morgan fingerprint density at radius 1 is 1.53 bits per heavy atom. The van der Waals surface area contributed by atoms with Gasteiger partial charge in [-0.1, -0.05) is 13.8 Å². The number of carbonyl (C=O) groups is 1. The molecule has 0 spiro atoms. The SMILES string of the molecule is Cc1cc(OC(F)F)c(C(=O)NCC(O)C(C)C)s1. The van der Waals surface area contributed by atoms with Crippen LogP contribution in [-0.2, 0) is 0 Å². The average molecular weight is 293 g/mol. The zero-order valence-electron chi connectivity index (χ0n) is 10.9. The van der Waals surface area contributed by atoms with Crippen molar-refractivity contribution in [1.29, 1.82) is 0 Å². The van der Waals surface area contributed by atoms with E-state index >= 15 is 0 Å². The molecule has 1 aromatic rings. The molecule has 2 N–H and O–H groups in total. The first-order valence-electron chi connectivity index (χ1n) is 5.82. The summed E-state index contributed by atoms with van der Waals surface area (Å²) >= 11 is 1.07. The van der Waals surface area contributed by atoms with Crippen molar-refractivity contribution < 1.29 is 23.4 Å². The lowest BCUT2D eigenvalue weighted by Crippen LogP contribution is -2.34. The molecule has 0 aliphatic rings. The number of hydrogen-bond acceptors (Lipinski definition) is 4. The summed E-state index contributed by atoms with van der Waals surface area (Å²) in [6.07, 6.45) is -0.676. The molecule has 0 aromatic carbocycles. The number of carbonyl (C=O) groups excluding carboxylic acids is 1. The van der Waals surface area contributed by atoms with E-state index in [1.54, 1.807) is 6.92 Å². The van der Waals surface area contributed by atoms with Crippen LogP contribution in [0.1, 0.15) is 28.4 Å². The highest BCUT2D eigenvalue weighted by molar-refractivity contribution is 7.14.